The van der Waals surface area contributed by atoms with E-state index in [1.165, 1.54) is 33.5 Å². The van der Waals surface area contributed by atoms with Crippen LogP contribution in [0.3, 0.4) is 0 Å². The molecule has 1 aliphatic heterocycles. The standard InChI is InChI=1S/C27H30F4N4O3S/c1-34(2)26(36)23-14-32-25(33-23)22-13-24(18-11-17(22)12-18)35(39(37,38)21-9-7-20(28)8-10-21)15-16-3-5-19(6-4-16)27(29,30)31/h3-10,17-18,22-24H,11-15H2,1-2H3,(H,32,33)/t17?,18?,22-,23-,24+/m0/s1. The van der Waals surface area contributed by atoms with E-state index < -0.39 is 39.7 Å². The van der Waals surface area contributed by atoms with E-state index in [0.29, 0.717) is 30.3 Å². The Bertz CT molecular complexity index is 1350. The van der Waals surface area contributed by atoms with Crippen LogP contribution in [0.15, 0.2) is 58.4 Å². The van der Waals surface area contributed by atoms with Gasteiger partial charge >= 0.3 is 6.18 Å². The van der Waals surface area contributed by atoms with Crippen molar-refractivity contribution in [1.82, 2.24) is 14.5 Å². The molecule has 0 unspecified atom stereocenters. The number of carbonyl (C=O) groups is 1. The van der Waals surface area contributed by atoms with Gasteiger partial charge in [-0.05, 0) is 73.1 Å². The molecule has 0 spiro atoms. The van der Waals surface area contributed by atoms with Crippen LogP contribution in [0, 0.1) is 23.6 Å². The maximum atomic E-state index is 13.9. The minimum absolute atomic E-state index is 0.0708. The summed E-state index contributed by atoms with van der Waals surface area (Å²) >= 11 is 0. The summed E-state index contributed by atoms with van der Waals surface area (Å²) in [6, 6.07) is 8.13. The predicted molar refractivity (Wildman–Crippen MR) is 137 cm³/mol. The molecule has 3 aliphatic carbocycles. The van der Waals surface area contributed by atoms with E-state index in [-0.39, 0.29) is 29.2 Å². The zero-order valence-electron chi connectivity index (χ0n) is 21.5. The average Bonchev–Trinajstić information content (AvgIpc) is 3.36. The van der Waals surface area contributed by atoms with Gasteiger partial charge in [0.05, 0.1) is 17.0 Å². The highest BCUT2D eigenvalue weighted by atomic mass is 32.2. The molecule has 210 valence electrons. The monoisotopic (exact) mass is 566 g/mol. The lowest BCUT2D eigenvalue weighted by Gasteiger charge is -2.54. The number of amides is 1. The molecule has 3 atom stereocenters. The third-order valence-electron chi connectivity index (χ3n) is 8.09. The van der Waals surface area contributed by atoms with E-state index in [2.05, 4.69) is 10.3 Å². The van der Waals surface area contributed by atoms with Gasteiger partial charge in [0, 0.05) is 32.6 Å². The molecule has 6 rings (SSSR count). The van der Waals surface area contributed by atoms with E-state index in [9.17, 15) is 30.8 Å². The van der Waals surface area contributed by atoms with Crippen LogP contribution in [0.1, 0.15) is 30.4 Å². The maximum Gasteiger partial charge on any atom is 0.416 e. The molecule has 0 aromatic heterocycles. The lowest BCUT2D eigenvalue weighted by Crippen LogP contribution is -2.57. The van der Waals surface area contributed by atoms with Crippen molar-refractivity contribution in [2.45, 2.75) is 49.0 Å². The van der Waals surface area contributed by atoms with Crippen molar-refractivity contribution in [1.29, 1.82) is 0 Å². The fourth-order valence-corrected chi connectivity index (χ4v) is 7.61. The summed E-state index contributed by atoms with van der Waals surface area (Å²) in [4.78, 5) is 18.5. The van der Waals surface area contributed by atoms with Gasteiger partial charge in [0.25, 0.3) is 0 Å². The number of sulfonamides is 1. The van der Waals surface area contributed by atoms with Crippen molar-refractivity contribution in [2.75, 3.05) is 20.6 Å². The smallest absolute Gasteiger partial charge is 0.360 e. The fraction of sp³-hybridized carbons (Fsp3) is 0.481. The zero-order valence-corrected chi connectivity index (χ0v) is 22.3. The van der Waals surface area contributed by atoms with Crippen LogP contribution in [0.25, 0.3) is 0 Å². The minimum Gasteiger partial charge on any atom is -0.360 e. The normalized spacial score (nSPS) is 26.5. The van der Waals surface area contributed by atoms with Crippen LogP contribution >= 0.6 is 0 Å². The van der Waals surface area contributed by atoms with Gasteiger partial charge in [-0.2, -0.15) is 17.5 Å². The van der Waals surface area contributed by atoms with Crippen molar-refractivity contribution in [3.63, 3.8) is 0 Å². The Morgan fingerprint density at radius 2 is 1.64 bits per heavy atom. The molecule has 0 radical (unpaired) electrons. The number of hydrogen-bond acceptors (Lipinski definition) is 5. The molecule has 1 amide bonds. The molecule has 39 heavy (non-hydrogen) atoms. The summed E-state index contributed by atoms with van der Waals surface area (Å²) in [5.74, 6) is 0.366. The van der Waals surface area contributed by atoms with Gasteiger partial charge in [-0.25, -0.2) is 12.8 Å². The van der Waals surface area contributed by atoms with Gasteiger partial charge < -0.3 is 10.2 Å². The molecule has 7 nitrogen and oxygen atoms in total. The molecule has 3 saturated carbocycles. The third kappa shape index (κ3) is 5.41. The average molecular weight is 567 g/mol. The first kappa shape index (κ1) is 27.6. The van der Waals surface area contributed by atoms with E-state index in [1.54, 1.807) is 14.1 Å². The first-order chi connectivity index (χ1) is 18.3. The summed E-state index contributed by atoms with van der Waals surface area (Å²) < 4.78 is 82.1. The second kappa shape index (κ2) is 10.2. The number of rotatable bonds is 7. The summed E-state index contributed by atoms with van der Waals surface area (Å²) in [6.07, 6.45) is -2.47. The zero-order chi connectivity index (χ0) is 28.1. The van der Waals surface area contributed by atoms with E-state index >= 15 is 0 Å². The lowest BCUT2D eigenvalue weighted by molar-refractivity contribution is -0.137. The van der Waals surface area contributed by atoms with Gasteiger partial charge in [-0.1, -0.05) is 12.1 Å². The highest BCUT2D eigenvalue weighted by molar-refractivity contribution is 7.89. The second-order valence-electron chi connectivity index (χ2n) is 10.8. The number of aliphatic imine (C=N–C) groups is 1. The largest absolute Gasteiger partial charge is 0.416 e. The number of hydrogen-bond donors (Lipinski definition) is 1. The number of carbonyl (C=O) groups excluding carboxylic acids is 1. The Balaban J connectivity index is 1.44. The molecule has 1 N–H and O–H groups in total. The molecular weight excluding hydrogens is 536 g/mol. The van der Waals surface area contributed by atoms with Crippen LogP contribution in [0.4, 0.5) is 17.6 Å². The number of amidine groups is 1. The highest BCUT2D eigenvalue weighted by Crippen LogP contribution is 2.52. The van der Waals surface area contributed by atoms with Gasteiger partial charge in [-0.15, -0.1) is 0 Å². The molecule has 2 aromatic rings. The van der Waals surface area contributed by atoms with Crippen LogP contribution in [-0.2, 0) is 27.5 Å². The van der Waals surface area contributed by atoms with Crippen LogP contribution in [-0.4, -0.2) is 62.1 Å². The topological polar surface area (TPSA) is 82.1 Å². The van der Waals surface area contributed by atoms with Crippen molar-refractivity contribution < 1.29 is 30.8 Å². The molecule has 3 fully saturated rings. The van der Waals surface area contributed by atoms with Crippen molar-refractivity contribution >= 4 is 21.8 Å². The minimum atomic E-state index is -4.50. The first-order valence-electron chi connectivity index (χ1n) is 12.8. The second-order valence-corrected chi connectivity index (χ2v) is 12.6. The fourth-order valence-electron chi connectivity index (χ4n) is 5.92. The Morgan fingerprint density at radius 3 is 2.23 bits per heavy atom. The number of nitrogens with zero attached hydrogens (tertiary/aromatic N) is 3. The number of benzene rings is 2. The van der Waals surface area contributed by atoms with Gasteiger partial charge in [0.15, 0.2) is 0 Å². The van der Waals surface area contributed by atoms with E-state index in [0.717, 1.165) is 37.1 Å². The number of likely N-dealkylation sites (N-methyl/N-ethyl adjacent to an activating group) is 1. The van der Waals surface area contributed by atoms with Crippen LogP contribution < -0.4 is 5.32 Å². The molecule has 2 aromatic carbocycles. The summed E-state index contributed by atoms with van der Waals surface area (Å²) in [7, 11) is -0.771. The van der Waals surface area contributed by atoms with Gasteiger partial charge in [0.1, 0.15) is 17.7 Å². The molecule has 2 bridgehead atoms. The molecule has 4 aliphatic rings. The van der Waals surface area contributed by atoms with Crippen molar-refractivity contribution in [3.05, 3.63) is 65.5 Å². The molecule has 1 heterocycles. The Morgan fingerprint density at radius 1 is 1.00 bits per heavy atom. The van der Waals surface area contributed by atoms with Gasteiger partial charge in [0.2, 0.25) is 15.9 Å². The molecule has 0 saturated heterocycles. The van der Waals surface area contributed by atoms with E-state index in [4.69, 9.17) is 0 Å². The third-order valence-corrected chi connectivity index (χ3v) is 9.97. The summed E-state index contributed by atoms with van der Waals surface area (Å²) in [5.41, 5.74) is -0.398. The highest BCUT2D eigenvalue weighted by Gasteiger charge is 2.52. The number of fused-ring (bicyclic) bond motifs is 2. The van der Waals surface area contributed by atoms with Crippen LogP contribution in [0.5, 0.6) is 0 Å². The first-order valence-corrected chi connectivity index (χ1v) is 14.2. The van der Waals surface area contributed by atoms with Crippen molar-refractivity contribution in [3.8, 4) is 0 Å². The number of halogens is 4. The van der Waals surface area contributed by atoms with E-state index in [1.807, 2.05) is 0 Å². The SMILES string of the molecule is CN(C)C(=O)[C@@H]1CN=C([C@H]2C[C@@H](N(Cc3ccc(C(F)(F)F)cc3)S(=O)(=O)c3ccc(F)cc3)C3CC2C3)N1. The number of alkyl halides is 3. The number of nitrogens with one attached hydrogen (secondary N) is 1. The Kier molecular flexibility index (Phi) is 7.21. The molecule has 12 heteroatoms. The van der Waals surface area contributed by atoms with Gasteiger partial charge in [-0.3, -0.25) is 9.79 Å². The summed E-state index contributed by atoms with van der Waals surface area (Å²) in [6.45, 7) is 0.185. The quantitative estimate of drug-likeness (QED) is 0.516. The lowest BCUT2D eigenvalue weighted by atomic mass is 9.57. The summed E-state index contributed by atoms with van der Waals surface area (Å²) in [5, 5.41) is 3.25. The Labute approximate surface area is 224 Å². The maximum absolute atomic E-state index is 13.9. The molecular formula is C27H30F4N4O3S. The predicted octanol–water partition coefficient (Wildman–Crippen LogP) is 3.91. The Hall–Kier alpha value is -2.99. The van der Waals surface area contributed by atoms with Crippen LogP contribution in [0.2, 0.25) is 0 Å². The van der Waals surface area contributed by atoms with Crippen molar-refractivity contribution in [2.24, 2.45) is 22.7 Å².